The average molecular weight is 581 g/mol. The molecular weight excluding hydrogens is 548 g/mol. The molecule has 216 valence electrons. The van der Waals surface area contributed by atoms with E-state index in [4.69, 9.17) is 23.9 Å². The molecule has 3 heterocycles. The minimum absolute atomic E-state index is 0.0728. The van der Waals surface area contributed by atoms with Crippen LogP contribution in [0.2, 0.25) is 0 Å². The molecule has 0 atom stereocenters. The van der Waals surface area contributed by atoms with Gasteiger partial charge in [0.15, 0.2) is 28.2 Å². The predicted molar refractivity (Wildman–Crippen MR) is 152 cm³/mol. The summed E-state index contributed by atoms with van der Waals surface area (Å²) in [6.45, 7) is 0.921. The van der Waals surface area contributed by atoms with Crippen LogP contribution in [0.3, 0.4) is 0 Å². The maximum atomic E-state index is 13.6. The van der Waals surface area contributed by atoms with E-state index in [0.717, 1.165) is 31.2 Å². The smallest absolute Gasteiger partial charge is 0.262 e. The lowest BCUT2D eigenvalue weighted by Crippen LogP contribution is -2.37. The third-order valence-electron chi connectivity index (χ3n) is 7.43. The summed E-state index contributed by atoms with van der Waals surface area (Å²) in [5.74, 6) is 2.34. The highest BCUT2D eigenvalue weighted by Gasteiger charge is 2.21. The van der Waals surface area contributed by atoms with E-state index in [1.54, 1.807) is 16.7 Å². The Labute approximate surface area is 240 Å². The summed E-state index contributed by atoms with van der Waals surface area (Å²) < 4.78 is 23.2. The van der Waals surface area contributed by atoms with Crippen molar-refractivity contribution in [1.82, 2.24) is 20.2 Å². The molecule has 2 amide bonds. The molecule has 0 bridgehead atoms. The molecule has 11 nitrogen and oxygen atoms in total. The SMILES string of the molecule is O=C(CCCn1c(SCC(=O)NC2CCCCC2)nc2cc3c(cc2c1=O)OCO3)NCc1ccc2c(c1)OCO2. The van der Waals surface area contributed by atoms with Crippen molar-refractivity contribution >= 4 is 34.5 Å². The molecular formula is C29H32N4O7S. The molecule has 12 heteroatoms. The van der Waals surface area contributed by atoms with Gasteiger partial charge in [-0.3, -0.25) is 19.0 Å². The lowest BCUT2D eigenvalue weighted by atomic mass is 9.95. The van der Waals surface area contributed by atoms with Crippen LogP contribution in [0, 0.1) is 0 Å². The van der Waals surface area contributed by atoms with Gasteiger partial charge in [-0.15, -0.1) is 0 Å². The zero-order valence-electron chi connectivity index (χ0n) is 22.6. The van der Waals surface area contributed by atoms with E-state index >= 15 is 0 Å². The molecule has 6 rings (SSSR count). The van der Waals surface area contributed by atoms with Crippen molar-refractivity contribution in [1.29, 1.82) is 0 Å². The molecule has 3 aromatic rings. The van der Waals surface area contributed by atoms with Gasteiger partial charge in [-0.05, 0) is 43.0 Å². The van der Waals surface area contributed by atoms with Gasteiger partial charge in [0.25, 0.3) is 5.56 Å². The summed E-state index contributed by atoms with van der Waals surface area (Å²) in [4.78, 5) is 43.6. The van der Waals surface area contributed by atoms with Gasteiger partial charge in [0.1, 0.15) is 0 Å². The number of thioether (sulfide) groups is 1. The van der Waals surface area contributed by atoms with Crippen LogP contribution in [-0.4, -0.2) is 46.7 Å². The third-order valence-corrected chi connectivity index (χ3v) is 8.40. The van der Waals surface area contributed by atoms with E-state index in [9.17, 15) is 14.4 Å². The van der Waals surface area contributed by atoms with Crippen molar-refractivity contribution < 1.29 is 28.5 Å². The van der Waals surface area contributed by atoms with Crippen molar-refractivity contribution in [2.75, 3.05) is 19.3 Å². The second kappa shape index (κ2) is 12.3. The Morgan fingerprint density at radius 2 is 1.66 bits per heavy atom. The monoisotopic (exact) mass is 580 g/mol. The molecule has 0 radical (unpaired) electrons. The molecule has 1 fully saturated rings. The van der Waals surface area contributed by atoms with Gasteiger partial charge in [0.05, 0.1) is 16.7 Å². The van der Waals surface area contributed by atoms with Gasteiger partial charge < -0.3 is 29.6 Å². The Kier molecular flexibility index (Phi) is 8.17. The first-order valence-corrected chi connectivity index (χ1v) is 14.9. The number of fused-ring (bicyclic) bond motifs is 3. The minimum atomic E-state index is -0.246. The van der Waals surface area contributed by atoms with Crippen molar-refractivity contribution in [3.8, 4) is 23.0 Å². The van der Waals surface area contributed by atoms with Crippen molar-refractivity contribution in [3.63, 3.8) is 0 Å². The molecule has 0 saturated heterocycles. The Bertz CT molecular complexity index is 1520. The number of carbonyl (C=O) groups is 2. The number of nitrogens with one attached hydrogen (secondary N) is 2. The maximum Gasteiger partial charge on any atom is 0.262 e. The third kappa shape index (κ3) is 6.37. The van der Waals surface area contributed by atoms with Gasteiger partial charge in [-0.25, -0.2) is 4.98 Å². The fourth-order valence-corrected chi connectivity index (χ4v) is 6.12. The number of rotatable bonds is 10. The van der Waals surface area contributed by atoms with E-state index in [2.05, 4.69) is 10.6 Å². The Balaban J connectivity index is 1.12. The number of ether oxygens (including phenoxy) is 4. The molecule has 2 N–H and O–H groups in total. The summed E-state index contributed by atoms with van der Waals surface area (Å²) in [5, 5.41) is 6.86. The molecule has 1 aromatic heterocycles. The summed E-state index contributed by atoms with van der Waals surface area (Å²) >= 11 is 1.23. The lowest BCUT2D eigenvalue weighted by Gasteiger charge is -2.22. The number of carbonyl (C=O) groups excluding carboxylic acids is 2. The molecule has 2 aliphatic heterocycles. The molecule has 41 heavy (non-hydrogen) atoms. The largest absolute Gasteiger partial charge is 0.454 e. The van der Waals surface area contributed by atoms with Crippen LogP contribution in [0.1, 0.15) is 50.5 Å². The van der Waals surface area contributed by atoms with Crippen LogP contribution in [0.5, 0.6) is 23.0 Å². The summed E-state index contributed by atoms with van der Waals surface area (Å²) in [7, 11) is 0. The molecule has 0 spiro atoms. The van der Waals surface area contributed by atoms with Gasteiger partial charge >= 0.3 is 0 Å². The fourth-order valence-electron chi connectivity index (χ4n) is 5.28. The zero-order chi connectivity index (χ0) is 28.2. The summed E-state index contributed by atoms with van der Waals surface area (Å²) in [6, 6.07) is 9.10. The minimum Gasteiger partial charge on any atom is -0.454 e. The van der Waals surface area contributed by atoms with Gasteiger partial charge in [0, 0.05) is 31.6 Å². The maximum absolute atomic E-state index is 13.6. The summed E-state index contributed by atoms with van der Waals surface area (Å²) in [5.41, 5.74) is 1.14. The van der Waals surface area contributed by atoms with Crippen LogP contribution in [-0.2, 0) is 22.7 Å². The highest BCUT2D eigenvalue weighted by atomic mass is 32.2. The second-order valence-electron chi connectivity index (χ2n) is 10.3. The predicted octanol–water partition coefficient (Wildman–Crippen LogP) is 3.49. The Morgan fingerprint density at radius 1 is 0.927 bits per heavy atom. The molecule has 3 aliphatic rings. The number of amides is 2. The Hall–Kier alpha value is -3.93. The standard InChI is InChI=1S/C29H32N4O7S/c34-26(30-14-18-8-9-22-23(11-18)38-16-37-22)7-4-10-33-28(36)20-12-24-25(40-17-39-24)13-21(20)32-29(33)41-15-27(35)31-19-5-2-1-3-6-19/h8-9,11-13,19H,1-7,10,14-17H2,(H,30,34)(H,31,35). The topological polar surface area (TPSA) is 130 Å². The van der Waals surface area contributed by atoms with Crippen molar-refractivity contribution in [2.24, 2.45) is 0 Å². The Morgan fingerprint density at radius 3 is 2.46 bits per heavy atom. The van der Waals surface area contributed by atoms with E-state index in [1.165, 1.54) is 18.2 Å². The average Bonchev–Trinajstić information content (AvgIpc) is 3.65. The van der Waals surface area contributed by atoms with E-state index in [0.29, 0.717) is 52.0 Å². The zero-order valence-corrected chi connectivity index (χ0v) is 23.4. The summed E-state index contributed by atoms with van der Waals surface area (Å²) in [6.07, 6.45) is 6.12. The fraction of sp³-hybridized carbons (Fsp3) is 0.448. The van der Waals surface area contributed by atoms with Crippen molar-refractivity contribution in [2.45, 2.75) is 69.2 Å². The number of hydrogen-bond acceptors (Lipinski definition) is 9. The number of aromatic nitrogens is 2. The highest BCUT2D eigenvalue weighted by molar-refractivity contribution is 7.99. The second-order valence-corrected chi connectivity index (χ2v) is 11.3. The highest BCUT2D eigenvalue weighted by Crippen LogP contribution is 2.35. The van der Waals surface area contributed by atoms with Crippen LogP contribution in [0.4, 0.5) is 0 Å². The molecule has 1 aliphatic carbocycles. The van der Waals surface area contributed by atoms with Gasteiger partial charge in [-0.1, -0.05) is 37.1 Å². The first kappa shape index (κ1) is 27.3. The van der Waals surface area contributed by atoms with Crippen LogP contribution < -0.4 is 35.1 Å². The van der Waals surface area contributed by atoms with Crippen molar-refractivity contribution in [3.05, 3.63) is 46.2 Å². The normalized spacial score (nSPS) is 15.7. The van der Waals surface area contributed by atoms with E-state index in [-0.39, 0.29) is 55.7 Å². The van der Waals surface area contributed by atoms with Gasteiger partial charge in [0.2, 0.25) is 25.4 Å². The van der Waals surface area contributed by atoms with Gasteiger partial charge in [-0.2, -0.15) is 0 Å². The first-order valence-electron chi connectivity index (χ1n) is 13.9. The quantitative estimate of drug-likeness (QED) is 0.273. The molecule has 2 aromatic carbocycles. The number of nitrogens with zero attached hydrogens (tertiary/aromatic N) is 2. The number of hydrogen-bond donors (Lipinski definition) is 2. The van der Waals surface area contributed by atoms with E-state index in [1.807, 2.05) is 18.2 Å². The first-order chi connectivity index (χ1) is 20.0. The van der Waals surface area contributed by atoms with Crippen LogP contribution in [0.25, 0.3) is 10.9 Å². The molecule has 1 saturated carbocycles. The van der Waals surface area contributed by atoms with Crippen LogP contribution >= 0.6 is 11.8 Å². The lowest BCUT2D eigenvalue weighted by molar-refractivity contribution is -0.121. The number of benzene rings is 2. The van der Waals surface area contributed by atoms with E-state index < -0.39 is 0 Å². The molecule has 0 unspecified atom stereocenters. The van der Waals surface area contributed by atoms with Crippen LogP contribution in [0.15, 0.2) is 40.3 Å².